The maximum atomic E-state index is 12.4. The fourth-order valence-electron chi connectivity index (χ4n) is 1.00. The Morgan fingerprint density at radius 3 is 2.53 bits per heavy atom. The zero-order valence-electron chi connectivity index (χ0n) is 9.04. The first-order valence-electron chi connectivity index (χ1n) is 4.93. The molecule has 1 N–H and O–H groups in total. The summed E-state index contributed by atoms with van der Waals surface area (Å²) in [6.45, 7) is 2.74. The third-order valence-corrected chi connectivity index (χ3v) is 1.95. The molecule has 7 heteroatoms. The van der Waals surface area contributed by atoms with Crippen LogP contribution in [-0.4, -0.2) is 36.1 Å². The van der Waals surface area contributed by atoms with Crippen molar-refractivity contribution in [3.8, 4) is 0 Å². The molecule has 0 bridgehead atoms. The minimum absolute atomic E-state index is 0.146. The van der Waals surface area contributed by atoms with Crippen LogP contribution in [-0.2, 0) is 9.53 Å². The monoisotopic (exact) mass is 258 g/mol. The minimum atomic E-state index is -4.04. The topological polar surface area (TPSA) is 46.5 Å². The van der Waals surface area contributed by atoms with Crippen LogP contribution < -0.4 is 0 Å². The molecule has 100 valence electrons. The van der Waals surface area contributed by atoms with Crippen LogP contribution in [0.4, 0.5) is 17.6 Å². The minimum Gasteiger partial charge on any atom is -0.460 e. The number of esters is 1. The van der Waals surface area contributed by atoms with Crippen molar-refractivity contribution >= 4 is 5.97 Å². The molecule has 0 aliphatic rings. The lowest BCUT2D eigenvalue weighted by atomic mass is 10.1. The van der Waals surface area contributed by atoms with Gasteiger partial charge in [0.05, 0.1) is 6.10 Å². The van der Waals surface area contributed by atoms with Crippen molar-refractivity contribution in [3.63, 3.8) is 0 Å². The van der Waals surface area contributed by atoms with Gasteiger partial charge in [-0.3, -0.25) is 0 Å². The van der Waals surface area contributed by atoms with Gasteiger partial charge in [0.1, 0.15) is 6.61 Å². The van der Waals surface area contributed by atoms with Gasteiger partial charge in [0.25, 0.3) is 0 Å². The van der Waals surface area contributed by atoms with Gasteiger partial charge in [0.2, 0.25) is 0 Å². The molecule has 0 saturated heterocycles. The number of alkyl halides is 4. The van der Waals surface area contributed by atoms with Gasteiger partial charge < -0.3 is 9.84 Å². The molecule has 0 aromatic carbocycles. The summed E-state index contributed by atoms with van der Waals surface area (Å²) >= 11 is 0. The summed E-state index contributed by atoms with van der Waals surface area (Å²) in [5, 5.41) is 9.19. The largest absolute Gasteiger partial charge is 0.460 e. The van der Waals surface area contributed by atoms with Crippen LogP contribution in [0.25, 0.3) is 0 Å². The molecule has 1 atom stereocenters. The van der Waals surface area contributed by atoms with Crippen molar-refractivity contribution in [2.24, 2.45) is 0 Å². The molecule has 0 heterocycles. The van der Waals surface area contributed by atoms with Gasteiger partial charge >= 0.3 is 18.3 Å². The van der Waals surface area contributed by atoms with Crippen LogP contribution in [0.3, 0.4) is 0 Å². The fourth-order valence-corrected chi connectivity index (χ4v) is 1.00. The van der Waals surface area contributed by atoms with Crippen molar-refractivity contribution in [1.29, 1.82) is 0 Å². The quantitative estimate of drug-likeness (QED) is 0.412. The predicted octanol–water partition coefficient (Wildman–Crippen LogP) is 2.15. The second-order valence-corrected chi connectivity index (χ2v) is 3.44. The Kier molecular flexibility index (Phi) is 6.79. The Balaban J connectivity index is 3.74. The molecule has 0 rings (SSSR count). The summed E-state index contributed by atoms with van der Waals surface area (Å²) in [5.41, 5.74) is 0. The van der Waals surface area contributed by atoms with Crippen LogP contribution in [0, 0.1) is 0 Å². The average Bonchev–Trinajstić information content (AvgIpc) is 2.25. The lowest BCUT2D eigenvalue weighted by Crippen LogP contribution is -2.27. The van der Waals surface area contributed by atoms with E-state index in [1.165, 1.54) is 0 Å². The number of aliphatic hydroxyl groups excluding tert-OH is 1. The lowest BCUT2D eigenvalue weighted by molar-refractivity contribution is -0.142. The van der Waals surface area contributed by atoms with Crippen LogP contribution >= 0.6 is 0 Å². The summed E-state index contributed by atoms with van der Waals surface area (Å²) in [6.07, 6.45) is -5.42. The highest BCUT2D eigenvalue weighted by molar-refractivity contribution is 5.81. The van der Waals surface area contributed by atoms with E-state index in [0.29, 0.717) is 0 Å². The highest BCUT2D eigenvalue weighted by atomic mass is 19.3. The molecule has 0 aliphatic heterocycles. The van der Waals surface area contributed by atoms with E-state index in [0.717, 1.165) is 6.08 Å². The molecule has 0 aromatic heterocycles. The zero-order chi connectivity index (χ0) is 13.5. The molecule has 0 aliphatic carbocycles. The van der Waals surface area contributed by atoms with Gasteiger partial charge in [0.15, 0.2) is 0 Å². The molecular formula is C10H14F4O3. The first kappa shape index (κ1) is 15.9. The van der Waals surface area contributed by atoms with Crippen molar-refractivity contribution < 1.29 is 32.2 Å². The smallest absolute Gasteiger partial charge is 0.330 e. The number of carbonyl (C=O) groups is 1. The van der Waals surface area contributed by atoms with E-state index in [9.17, 15) is 27.5 Å². The van der Waals surface area contributed by atoms with Crippen molar-refractivity contribution in [3.05, 3.63) is 12.7 Å². The van der Waals surface area contributed by atoms with E-state index in [2.05, 4.69) is 11.3 Å². The number of hydrogen-bond donors (Lipinski definition) is 1. The first-order valence-corrected chi connectivity index (χ1v) is 4.93. The van der Waals surface area contributed by atoms with Crippen LogP contribution in [0.2, 0.25) is 0 Å². The second-order valence-electron chi connectivity index (χ2n) is 3.44. The predicted molar refractivity (Wildman–Crippen MR) is 52.0 cm³/mol. The Bertz CT molecular complexity index is 256. The van der Waals surface area contributed by atoms with Crippen molar-refractivity contribution in [2.45, 2.75) is 37.7 Å². The van der Waals surface area contributed by atoms with Gasteiger partial charge in [-0.05, 0) is 12.8 Å². The number of ether oxygens (including phenoxy) is 1. The number of rotatable bonds is 8. The molecule has 1 unspecified atom stereocenters. The van der Waals surface area contributed by atoms with E-state index in [-0.39, 0.29) is 19.4 Å². The van der Waals surface area contributed by atoms with E-state index >= 15 is 0 Å². The molecule has 0 radical (unpaired) electrons. The third-order valence-electron chi connectivity index (χ3n) is 1.95. The molecule has 17 heavy (non-hydrogen) atoms. The Morgan fingerprint density at radius 1 is 1.47 bits per heavy atom. The fraction of sp³-hybridized carbons (Fsp3) is 0.700. The summed E-state index contributed by atoms with van der Waals surface area (Å²) in [6, 6.07) is 0. The van der Waals surface area contributed by atoms with Gasteiger partial charge in [-0.1, -0.05) is 6.58 Å². The summed E-state index contributed by atoms with van der Waals surface area (Å²) in [7, 11) is 0. The van der Waals surface area contributed by atoms with E-state index in [1.54, 1.807) is 0 Å². The number of carbonyl (C=O) groups excluding carboxylic acids is 1. The average molecular weight is 258 g/mol. The SMILES string of the molecule is C=CC(=O)OCC(O)CCCC(F)(F)C(F)F. The van der Waals surface area contributed by atoms with Gasteiger partial charge in [-0.25, -0.2) is 22.4 Å². The van der Waals surface area contributed by atoms with Crippen LogP contribution in [0.5, 0.6) is 0 Å². The van der Waals surface area contributed by atoms with E-state index in [4.69, 9.17) is 0 Å². The number of aliphatic hydroxyl groups is 1. The molecule has 0 spiro atoms. The molecule has 0 fully saturated rings. The van der Waals surface area contributed by atoms with E-state index in [1.807, 2.05) is 0 Å². The van der Waals surface area contributed by atoms with Crippen molar-refractivity contribution in [1.82, 2.24) is 0 Å². The maximum absolute atomic E-state index is 12.4. The zero-order valence-corrected chi connectivity index (χ0v) is 9.04. The van der Waals surface area contributed by atoms with Gasteiger partial charge in [-0.15, -0.1) is 0 Å². The standard InChI is InChI=1S/C10H14F4O3/c1-2-8(16)17-6-7(15)4-3-5-10(13,14)9(11)12/h2,7,9,15H,1,3-6H2. The summed E-state index contributed by atoms with van der Waals surface area (Å²) in [5.74, 6) is -4.79. The second kappa shape index (κ2) is 7.26. The normalized spacial score (nSPS) is 13.5. The van der Waals surface area contributed by atoms with Gasteiger partial charge in [0, 0.05) is 12.5 Å². The summed E-state index contributed by atoms with van der Waals surface area (Å²) in [4.78, 5) is 10.6. The molecule has 0 amide bonds. The Morgan fingerprint density at radius 2 is 2.06 bits per heavy atom. The third kappa shape index (κ3) is 6.93. The molecular weight excluding hydrogens is 244 g/mol. The molecule has 3 nitrogen and oxygen atoms in total. The summed E-state index contributed by atoms with van der Waals surface area (Å²) < 4.78 is 52.8. The Hall–Kier alpha value is -1.11. The van der Waals surface area contributed by atoms with Crippen molar-refractivity contribution in [2.75, 3.05) is 6.61 Å². The van der Waals surface area contributed by atoms with E-state index < -0.39 is 30.8 Å². The maximum Gasteiger partial charge on any atom is 0.330 e. The van der Waals surface area contributed by atoms with Crippen LogP contribution in [0.1, 0.15) is 19.3 Å². The highest BCUT2D eigenvalue weighted by Crippen LogP contribution is 2.28. The lowest BCUT2D eigenvalue weighted by Gasteiger charge is -2.16. The highest BCUT2D eigenvalue weighted by Gasteiger charge is 2.39. The first-order chi connectivity index (χ1) is 7.79. The molecule has 0 aromatic rings. The van der Waals surface area contributed by atoms with Gasteiger partial charge in [-0.2, -0.15) is 0 Å². The molecule has 0 saturated carbocycles. The Labute approximate surface area is 96.1 Å². The van der Waals surface area contributed by atoms with Crippen LogP contribution in [0.15, 0.2) is 12.7 Å². The number of hydrogen-bond acceptors (Lipinski definition) is 3. The number of halogens is 4.